The van der Waals surface area contributed by atoms with E-state index < -0.39 is 0 Å². The molecule has 0 aliphatic carbocycles. The molecular formula is C8H19NO2. The van der Waals surface area contributed by atoms with Gasteiger partial charge in [-0.2, -0.15) is 0 Å². The number of nitrogens with one attached hydrogen (secondary N) is 1. The second kappa shape index (κ2) is 7.98. The maximum Gasteiger partial charge on any atom is 0.0700 e. The minimum absolute atomic E-state index is 0.543. The van der Waals surface area contributed by atoms with Crippen LogP contribution in [0.5, 0.6) is 0 Å². The van der Waals surface area contributed by atoms with Gasteiger partial charge in [-0.1, -0.05) is 13.8 Å². The van der Waals surface area contributed by atoms with E-state index in [0.717, 1.165) is 13.2 Å². The molecule has 0 rings (SSSR count). The van der Waals surface area contributed by atoms with Gasteiger partial charge >= 0.3 is 0 Å². The van der Waals surface area contributed by atoms with E-state index in [0.29, 0.717) is 19.3 Å². The van der Waals surface area contributed by atoms with Gasteiger partial charge in [-0.15, -0.1) is 0 Å². The third kappa shape index (κ3) is 9.88. The van der Waals surface area contributed by atoms with E-state index in [4.69, 9.17) is 9.47 Å². The van der Waals surface area contributed by atoms with E-state index in [2.05, 4.69) is 19.2 Å². The summed E-state index contributed by atoms with van der Waals surface area (Å²) < 4.78 is 10.1. The lowest BCUT2D eigenvalue weighted by Gasteiger charge is -2.07. The average Bonchev–Trinajstić information content (AvgIpc) is 1.96. The largest absolute Gasteiger partial charge is 0.382 e. The van der Waals surface area contributed by atoms with Gasteiger partial charge in [0, 0.05) is 19.7 Å². The van der Waals surface area contributed by atoms with Crippen molar-refractivity contribution in [3.8, 4) is 0 Å². The van der Waals surface area contributed by atoms with Crippen molar-refractivity contribution >= 4 is 0 Å². The molecule has 0 amide bonds. The van der Waals surface area contributed by atoms with E-state index in [9.17, 15) is 0 Å². The van der Waals surface area contributed by atoms with Crippen LogP contribution in [0.15, 0.2) is 0 Å². The Morgan fingerprint density at radius 3 is 2.45 bits per heavy atom. The Balaban J connectivity index is 2.80. The van der Waals surface area contributed by atoms with Crippen molar-refractivity contribution < 1.29 is 9.47 Å². The van der Waals surface area contributed by atoms with Crippen molar-refractivity contribution in [1.29, 1.82) is 0 Å². The molecular weight excluding hydrogens is 142 g/mol. The second-order valence-electron chi connectivity index (χ2n) is 2.71. The third-order valence-electron chi connectivity index (χ3n) is 1.23. The molecule has 0 atom stereocenters. The molecule has 1 N–H and O–H groups in total. The molecule has 0 aliphatic heterocycles. The summed E-state index contributed by atoms with van der Waals surface area (Å²) in [5, 5.41) is 3.26. The lowest BCUT2D eigenvalue weighted by atomic mass is 10.4. The molecule has 3 heteroatoms. The lowest BCUT2D eigenvalue weighted by molar-refractivity contribution is 0.0714. The topological polar surface area (TPSA) is 30.5 Å². The first-order valence-corrected chi connectivity index (χ1v) is 4.07. The van der Waals surface area contributed by atoms with Gasteiger partial charge in [0.05, 0.1) is 19.8 Å². The van der Waals surface area contributed by atoms with E-state index >= 15 is 0 Å². The van der Waals surface area contributed by atoms with Crippen LogP contribution in [-0.4, -0.2) is 39.5 Å². The van der Waals surface area contributed by atoms with Crippen LogP contribution in [0.3, 0.4) is 0 Å². The summed E-state index contributed by atoms with van der Waals surface area (Å²) in [6, 6.07) is 0.543. The van der Waals surface area contributed by atoms with Gasteiger partial charge in [0.2, 0.25) is 0 Å². The van der Waals surface area contributed by atoms with Gasteiger partial charge in [-0.25, -0.2) is 0 Å². The fraction of sp³-hybridized carbons (Fsp3) is 1.00. The maximum atomic E-state index is 5.24. The zero-order valence-electron chi connectivity index (χ0n) is 7.72. The van der Waals surface area contributed by atoms with Crippen LogP contribution in [0.4, 0.5) is 0 Å². The zero-order chi connectivity index (χ0) is 8.53. The van der Waals surface area contributed by atoms with Crippen LogP contribution < -0.4 is 5.32 Å². The highest BCUT2D eigenvalue weighted by molar-refractivity contribution is 4.50. The molecule has 3 nitrogen and oxygen atoms in total. The fourth-order valence-corrected chi connectivity index (χ4v) is 0.664. The van der Waals surface area contributed by atoms with E-state index in [1.54, 1.807) is 7.11 Å². The molecule has 0 heterocycles. The van der Waals surface area contributed by atoms with Crippen molar-refractivity contribution in [3.63, 3.8) is 0 Å². The lowest BCUT2D eigenvalue weighted by Crippen LogP contribution is -2.27. The standard InChI is InChI=1S/C8H19NO2/c1-8(2)9-4-5-11-7-6-10-3/h8-9H,4-7H2,1-3H3. The minimum atomic E-state index is 0.543. The Labute approximate surface area is 69.1 Å². The summed E-state index contributed by atoms with van der Waals surface area (Å²) in [5.74, 6) is 0. The third-order valence-corrected chi connectivity index (χ3v) is 1.23. The van der Waals surface area contributed by atoms with Crippen molar-refractivity contribution in [1.82, 2.24) is 5.32 Å². The molecule has 0 fully saturated rings. The van der Waals surface area contributed by atoms with E-state index in [-0.39, 0.29) is 0 Å². The first-order valence-electron chi connectivity index (χ1n) is 4.07. The number of rotatable bonds is 7. The van der Waals surface area contributed by atoms with Crippen molar-refractivity contribution in [2.75, 3.05) is 33.5 Å². The minimum Gasteiger partial charge on any atom is -0.382 e. The van der Waals surface area contributed by atoms with E-state index in [1.165, 1.54) is 0 Å². The first-order chi connectivity index (χ1) is 5.27. The predicted molar refractivity (Wildman–Crippen MR) is 45.8 cm³/mol. The molecule has 0 bridgehead atoms. The summed E-state index contributed by atoms with van der Waals surface area (Å²) in [5.41, 5.74) is 0. The number of ether oxygens (including phenoxy) is 2. The Bertz CT molecular complexity index is 76.5. The van der Waals surface area contributed by atoms with Gasteiger partial charge in [0.25, 0.3) is 0 Å². The number of methoxy groups -OCH3 is 1. The Kier molecular flexibility index (Phi) is 7.89. The zero-order valence-corrected chi connectivity index (χ0v) is 7.72. The normalized spacial score (nSPS) is 10.9. The molecule has 68 valence electrons. The van der Waals surface area contributed by atoms with Gasteiger partial charge in [0.15, 0.2) is 0 Å². The van der Waals surface area contributed by atoms with Crippen LogP contribution in [0, 0.1) is 0 Å². The van der Waals surface area contributed by atoms with Crippen molar-refractivity contribution in [3.05, 3.63) is 0 Å². The molecule has 0 aromatic rings. The van der Waals surface area contributed by atoms with Crippen molar-refractivity contribution in [2.45, 2.75) is 19.9 Å². The first kappa shape index (κ1) is 10.9. The monoisotopic (exact) mass is 161 g/mol. The Morgan fingerprint density at radius 1 is 1.18 bits per heavy atom. The molecule has 0 aliphatic rings. The molecule has 0 saturated carbocycles. The van der Waals surface area contributed by atoms with Gasteiger partial charge in [-0.05, 0) is 0 Å². The van der Waals surface area contributed by atoms with Crippen LogP contribution in [0.25, 0.3) is 0 Å². The molecule has 0 unspecified atom stereocenters. The number of hydrogen-bond acceptors (Lipinski definition) is 3. The highest BCUT2D eigenvalue weighted by Crippen LogP contribution is 1.77. The maximum absolute atomic E-state index is 5.24. The second-order valence-corrected chi connectivity index (χ2v) is 2.71. The summed E-state index contributed by atoms with van der Waals surface area (Å²) in [6.07, 6.45) is 0. The SMILES string of the molecule is COCCOCCNC(C)C. The van der Waals surface area contributed by atoms with Crippen LogP contribution in [0.2, 0.25) is 0 Å². The smallest absolute Gasteiger partial charge is 0.0700 e. The summed E-state index contributed by atoms with van der Waals surface area (Å²) in [7, 11) is 1.68. The van der Waals surface area contributed by atoms with Crippen LogP contribution in [0.1, 0.15) is 13.8 Å². The Hall–Kier alpha value is -0.120. The van der Waals surface area contributed by atoms with Crippen LogP contribution >= 0.6 is 0 Å². The molecule has 0 aromatic heterocycles. The molecule has 0 saturated heterocycles. The highest BCUT2D eigenvalue weighted by atomic mass is 16.5. The van der Waals surface area contributed by atoms with E-state index in [1.807, 2.05) is 0 Å². The van der Waals surface area contributed by atoms with Gasteiger partial charge in [-0.3, -0.25) is 0 Å². The van der Waals surface area contributed by atoms with Crippen LogP contribution in [-0.2, 0) is 9.47 Å². The molecule has 11 heavy (non-hydrogen) atoms. The summed E-state index contributed by atoms with van der Waals surface area (Å²) >= 11 is 0. The summed E-state index contributed by atoms with van der Waals surface area (Å²) in [6.45, 7) is 7.30. The highest BCUT2D eigenvalue weighted by Gasteiger charge is 1.90. The Morgan fingerprint density at radius 2 is 1.91 bits per heavy atom. The quantitative estimate of drug-likeness (QED) is 0.556. The predicted octanol–water partition coefficient (Wildman–Crippen LogP) is 0.647. The molecule has 0 aromatic carbocycles. The molecule has 0 spiro atoms. The van der Waals surface area contributed by atoms with Gasteiger partial charge < -0.3 is 14.8 Å². The average molecular weight is 161 g/mol. The fourth-order valence-electron chi connectivity index (χ4n) is 0.664. The summed E-state index contributed by atoms with van der Waals surface area (Å²) in [4.78, 5) is 0. The number of hydrogen-bond donors (Lipinski definition) is 1. The molecule has 0 radical (unpaired) electrons. The van der Waals surface area contributed by atoms with Crippen molar-refractivity contribution in [2.24, 2.45) is 0 Å². The van der Waals surface area contributed by atoms with Gasteiger partial charge in [0.1, 0.15) is 0 Å².